The lowest BCUT2D eigenvalue weighted by atomic mass is 10.1. The normalized spacial score (nSPS) is 17.2. The van der Waals surface area contributed by atoms with E-state index in [0.717, 1.165) is 39.3 Å². The maximum Gasteiger partial charge on any atom is 0.0412 e. The number of rotatable bonds is 4. The topological polar surface area (TPSA) is 18.5 Å². The van der Waals surface area contributed by atoms with Crippen LogP contribution in [0.4, 0.5) is 5.69 Å². The third-order valence-corrected chi connectivity index (χ3v) is 3.64. The molecule has 1 fully saturated rings. The monoisotopic (exact) mass is 247 g/mol. The van der Waals surface area contributed by atoms with Gasteiger partial charge < -0.3 is 15.1 Å². The van der Waals surface area contributed by atoms with Crippen LogP contribution >= 0.6 is 0 Å². The van der Waals surface area contributed by atoms with E-state index in [1.54, 1.807) is 0 Å². The van der Waals surface area contributed by atoms with Crippen molar-refractivity contribution in [2.24, 2.45) is 0 Å². The van der Waals surface area contributed by atoms with Gasteiger partial charge in [0.2, 0.25) is 0 Å². The fourth-order valence-electron chi connectivity index (χ4n) is 2.47. The fourth-order valence-corrected chi connectivity index (χ4v) is 2.47. The molecule has 2 rings (SSSR count). The van der Waals surface area contributed by atoms with Gasteiger partial charge in [0.25, 0.3) is 0 Å². The molecule has 0 radical (unpaired) electrons. The van der Waals surface area contributed by atoms with Crippen LogP contribution in [0, 0.1) is 6.92 Å². The maximum absolute atomic E-state index is 3.44. The van der Waals surface area contributed by atoms with Gasteiger partial charge in [-0.15, -0.1) is 0 Å². The quantitative estimate of drug-likeness (QED) is 0.876. The molecule has 1 saturated heterocycles. The highest BCUT2D eigenvalue weighted by atomic mass is 15.2. The fraction of sp³-hybridized carbons (Fsp3) is 0.600. The molecular weight excluding hydrogens is 222 g/mol. The maximum atomic E-state index is 3.44. The molecule has 18 heavy (non-hydrogen) atoms. The van der Waals surface area contributed by atoms with Gasteiger partial charge in [0.15, 0.2) is 0 Å². The molecular formula is C15H25N3. The van der Waals surface area contributed by atoms with Crippen LogP contribution < -0.4 is 10.2 Å². The number of nitrogens with one attached hydrogen (secondary N) is 1. The minimum atomic E-state index is 0.972. The second-order valence-electron chi connectivity index (χ2n) is 5.20. The van der Waals surface area contributed by atoms with E-state index in [9.17, 15) is 0 Å². The molecule has 0 spiro atoms. The molecule has 1 heterocycles. The van der Waals surface area contributed by atoms with Crippen molar-refractivity contribution in [1.29, 1.82) is 0 Å². The Labute approximate surface area is 111 Å². The molecule has 1 aromatic rings. The van der Waals surface area contributed by atoms with Gasteiger partial charge in [-0.3, -0.25) is 0 Å². The van der Waals surface area contributed by atoms with Crippen molar-refractivity contribution in [1.82, 2.24) is 10.2 Å². The SMILES string of the molecule is CCNCc1cc(C)ccc1N1CCN(C)CC1. The van der Waals surface area contributed by atoms with Crippen molar-refractivity contribution in [3.8, 4) is 0 Å². The summed E-state index contributed by atoms with van der Waals surface area (Å²) in [7, 11) is 2.20. The Morgan fingerprint density at radius 1 is 1.17 bits per heavy atom. The van der Waals surface area contributed by atoms with Crippen molar-refractivity contribution in [3.05, 3.63) is 29.3 Å². The van der Waals surface area contributed by atoms with Crippen molar-refractivity contribution in [3.63, 3.8) is 0 Å². The van der Waals surface area contributed by atoms with Crippen molar-refractivity contribution >= 4 is 5.69 Å². The van der Waals surface area contributed by atoms with E-state index < -0.39 is 0 Å². The zero-order valence-corrected chi connectivity index (χ0v) is 11.9. The Morgan fingerprint density at radius 2 is 1.89 bits per heavy atom. The number of anilines is 1. The first-order valence-electron chi connectivity index (χ1n) is 6.94. The summed E-state index contributed by atoms with van der Waals surface area (Å²) >= 11 is 0. The third-order valence-electron chi connectivity index (χ3n) is 3.64. The van der Waals surface area contributed by atoms with E-state index in [1.807, 2.05) is 0 Å². The van der Waals surface area contributed by atoms with Gasteiger partial charge in [-0.1, -0.05) is 24.6 Å². The lowest BCUT2D eigenvalue weighted by Gasteiger charge is -2.35. The van der Waals surface area contributed by atoms with Crippen molar-refractivity contribution < 1.29 is 0 Å². The third kappa shape index (κ3) is 3.24. The Balaban J connectivity index is 2.15. The number of benzene rings is 1. The predicted molar refractivity (Wildman–Crippen MR) is 78.3 cm³/mol. The zero-order valence-electron chi connectivity index (χ0n) is 11.9. The molecule has 1 aliphatic rings. The lowest BCUT2D eigenvalue weighted by Crippen LogP contribution is -2.45. The lowest BCUT2D eigenvalue weighted by molar-refractivity contribution is 0.312. The molecule has 0 amide bonds. The number of likely N-dealkylation sites (N-methyl/N-ethyl adjacent to an activating group) is 1. The molecule has 0 aromatic heterocycles. The van der Waals surface area contributed by atoms with Gasteiger partial charge in [-0.05, 0) is 32.1 Å². The summed E-state index contributed by atoms with van der Waals surface area (Å²) in [4.78, 5) is 4.92. The number of hydrogen-bond donors (Lipinski definition) is 1. The number of nitrogens with zero attached hydrogens (tertiary/aromatic N) is 2. The minimum Gasteiger partial charge on any atom is -0.369 e. The molecule has 3 heteroatoms. The van der Waals surface area contributed by atoms with Crippen LogP contribution in [0.15, 0.2) is 18.2 Å². The van der Waals surface area contributed by atoms with E-state index in [4.69, 9.17) is 0 Å². The molecule has 1 aromatic carbocycles. The van der Waals surface area contributed by atoms with E-state index in [-0.39, 0.29) is 0 Å². The molecule has 100 valence electrons. The Kier molecular flexibility index (Phi) is 4.61. The van der Waals surface area contributed by atoms with Crippen LogP contribution in [0.25, 0.3) is 0 Å². The van der Waals surface area contributed by atoms with Gasteiger partial charge in [0.1, 0.15) is 0 Å². The average molecular weight is 247 g/mol. The van der Waals surface area contributed by atoms with Crippen molar-refractivity contribution in [2.75, 3.05) is 44.7 Å². The highest BCUT2D eigenvalue weighted by Crippen LogP contribution is 2.23. The Morgan fingerprint density at radius 3 is 2.56 bits per heavy atom. The van der Waals surface area contributed by atoms with Crippen LogP contribution in [0.5, 0.6) is 0 Å². The van der Waals surface area contributed by atoms with Gasteiger partial charge in [0.05, 0.1) is 0 Å². The predicted octanol–water partition coefficient (Wildman–Crippen LogP) is 1.86. The molecule has 0 atom stereocenters. The summed E-state index contributed by atoms with van der Waals surface area (Å²) < 4.78 is 0. The van der Waals surface area contributed by atoms with E-state index in [2.05, 4.69) is 54.2 Å². The van der Waals surface area contributed by atoms with Crippen LogP contribution in [0.2, 0.25) is 0 Å². The summed E-state index contributed by atoms with van der Waals surface area (Å²) in [6, 6.07) is 6.83. The largest absolute Gasteiger partial charge is 0.369 e. The highest BCUT2D eigenvalue weighted by Gasteiger charge is 2.16. The second-order valence-corrected chi connectivity index (χ2v) is 5.20. The summed E-state index contributed by atoms with van der Waals surface area (Å²) in [6.45, 7) is 10.9. The van der Waals surface area contributed by atoms with E-state index in [0.29, 0.717) is 0 Å². The average Bonchev–Trinajstić information content (AvgIpc) is 2.38. The zero-order chi connectivity index (χ0) is 13.0. The molecule has 1 aliphatic heterocycles. The second kappa shape index (κ2) is 6.21. The molecule has 0 saturated carbocycles. The van der Waals surface area contributed by atoms with E-state index >= 15 is 0 Å². The summed E-state index contributed by atoms with van der Waals surface area (Å²) in [5, 5.41) is 3.44. The molecule has 1 N–H and O–H groups in total. The smallest absolute Gasteiger partial charge is 0.0412 e. The molecule has 0 aliphatic carbocycles. The first-order chi connectivity index (χ1) is 8.70. The summed E-state index contributed by atoms with van der Waals surface area (Å²) in [5.41, 5.74) is 4.19. The molecule has 0 bridgehead atoms. The standard InChI is InChI=1S/C15H25N3/c1-4-16-12-14-11-13(2)5-6-15(14)18-9-7-17(3)8-10-18/h5-6,11,16H,4,7-10,12H2,1-3H3. The highest BCUT2D eigenvalue weighted by molar-refractivity contribution is 5.55. The first kappa shape index (κ1) is 13.4. The van der Waals surface area contributed by atoms with Crippen LogP contribution in [0.1, 0.15) is 18.1 Å². The van der Waals surface area contributed by atoms with Gasteiger partial charge >= 0.3 is 0 Å². The number of hydrogen-bond acceptors (Lipinski definition) is 3. The summed E-state index contributed by atoms with van der Waals surface area (Å²) in [6.07, 6.45) is 0. The Bertz CT molecular complexity index is 381. The Hall–Kier alpha value is -1.06. The molecule has 3 nitrogen and oxygen atoms in total. The van der Waals surface area contributed by atoms with E-state index in [1.165, 1.54) is 16.8 Å². The van der Waals surface area contributed by atoms with Crippen LogP contribution in [-0.2, 0) is 6.54 Å². The van der Waals surface area contributed by atoms with Gasteiger partial charge in [0, 0.05) is 38.4 Å². The number of piperazine rings is 1. The van der Waals surface area contributed by atoms with Gasteiger partial charge in [-0.2, -0.15) is 0 Å². The number of aryl methyl sites for hydroxylation is 1. The molecule has 0 unspecified atom stereocenters. The minimum absolute atomic E-state index is 0.972. The van der Waals surface area contributed by atoms with Crippen molar-refractivity contribution in [2.45, 2.75) is 20.4 Å². The first-order valence-corrected chi connectivity index (χ1v) is 6.94. The van der Waals surface area contributed by atoms with Crippen LogP contribution in [-0.4, -0.2) is 44.7 Å². The van der Waals surface area contributed by atoms with Crippen LogP contribution in [0.3, 0.4) is 0 Å². The summed E-state index contributed by atoms with van der Waals surface area (Å²) in [5.74, 6) is 0. The van der Waals surface area contributed by atoms with Gasteiger partial charge in [-0.25, -0.2) is 0 Å².